The molecule has 1 aliphatic heterocycles. The van der Waals surface area contributed by atoms with Crippen LogP contribution in [0, 0.1) is 0 Å². The van der Waals surface area contributed by atoms with E-state index >= 15 is 0 Å². The van der Waals surface area contributed by atoms with Crippen molar-refractivity contribution in [3.63, 3.8) is 0 Å². The topological polar surface area (TPSA) is 15.3 Å². The summed E-state index contributed by atoms with van der Waals surface area (Å²) in [6.45, 7) is 5.67. The molecule has 1 fully saturated rings. The van der Waals surface area contributed by atoms with Crippen molar-refractivity contribution in [1.82, 2.24) is 10.2 Å². The van der Waals surface area contributed by atoms with Crippen molar-refractivity contribution in [1.29, 1.82) is 0 Å². The van der Waals surface area contributed by atoms with Gasteiger partial charge >= 0.3 is 0 Å². The van der Waals surface area contributed by atoms with Crippen molar-refractivity contribution in [2.24, 2.45) is 0 Å². The Morgan fingerprint density at radius 1 is 1.80 bits per heavy atom. The Hall–Kier alpha value is 0.650. The summed E-state index contributed by atoms with van der Waals surface area (Å²) in [5, 5.41) is 3.42. The molecule has 2 nitrogen and oxygen atoms in total. The molecule has 1 aliphatic rings. The van der Waals surface area contributed by atoms with Gasteiger partial charge in [-0.15, -0.1) is 0 Å². The largest absolute Gasteiger partial charge is 0.292 e. The van der Waals surface area contributed by atoms with Crippen LogP contribution in [0.5, 0.6) is 0 Å². The fourth-order valence-electron chi connectivity index (χ4n) is 1.21. The summed E-state index contributed by atoms with van der Waals surface area (Å²) in [6, 6.07) is 0. The lowest BCUT2D eigenvalue weighted by Gasteiger charge is -2.31. The second kappa shape index (κ2) is 2.95. The van der Waals surface area contributed by atoms with E-state index in [4.69, 9.17) is 0 Å². The van der Waals surface area contributed by atoms with E-state index in [-0.39, 0.29) is 0 Å². The molecule has 0 aromatic heterocycles. The smallest absolute Gasteiger partial charge is 0.114 e. The van der Waals surface area contributed by atoms with Crippen LogP contribution in [0.1, 0.15) is 20.3 Å². The lowest BCUT2D eigenvalue weighted by Crippen LogP contribution is -2.41. The van der Waals surface area contributed by atoms with Crippen LogP contribution in [0.15, 0.2) is 0 Å². The van der Waals surface area contributed by atoms with Crippen molar-refractivity contribution >= 4 is 22.6 Å². The highest BCUT2D eigenvalue weighted by Crippen LogP contribution is 2.26. The van der Waals surface area contributed by atoms with Crippen molar-refractivity contribution in [3.05, 3.63) is 0 Å². The maximum Gasteiger partial charge on any atom is 0.114 e. The summed E-state index contributed by atoms with van der Waals surface area (Å²) < 4.78 is 0.516. The monoisotopic (exact) mass is 254 g/mol. The van der Waals surface area contributed by atoms with Gasteiger partial charge in [-0.25, -0.2) is 0 Å². The number of hydrogen-bond acceptors (Lipinski definition) is 2. The highest BCUT2D eigenvalue weighted by Gasteiger charge is 2.36. The number of hydrogen-bond donors (Lipinski definition) is 1. The maximum absolute atomic E-state index is 3.42. The minimum absolute atomic E-state index is 0.381. The fourth-order valence-corrected chi connectivity index (χ4v) is 2.11. The second-order valence-corrected chi connectivity index (χ2v) is 4.36. The van der Waals surface area contributed by atoms with E-state index in [1.54, 1.807) is 0 Å². The molecule has 10 heavy (non-hydrogen) atoms. The summed E-state index contributed by atoms with van der Waals surface area (Å²) in [5.74, 6) is 0. The molecule has 0 aromatic carbocycles. The van der Waals surface area contributed by atoms with E-state index in [2.05, 4.69) is 53.7 Å². The SMILES string of the molecule is CCC1(C)CN[C@H](I)N1C. The normalized spacial score (nSPS) is 42.6. The van der Waals surface area contributed by atoms with E-state index in [1.165, 1.54) is 6.42 Å². The first-order valence-electron chi connectivity index (χ1n) is 3.70. The minimum atomic E-state index is 0.381. The molecule has 1 N–H and O–H groups in total. The first-order chi connectivity index (χ1) is 4.60. The lowest BCUT2D eigenvalue weighted by molar-refractivity contribution is 0.193. The molecule has 2 atom stereocenters. The Morgan fingerprint density at radius 3 is 2.60 bits per heavy atom. The number of alkyl halides is 1. The van der Waals surface area contributed by atoms with E-state index in [0.717, 1.165) is 6.54 Å². The standard InChI is InChI=1S/C7H15IN2/c1-4-7(2)5-9-6(8)10(7)3/h6,9H,4-5H2,1-3H3/t6-,7?/m0/s1. The Morgan fingerprint density at radius 2 is 2.40 bits per heavy atom. The second-order valence-electron chi connectivity index (χ2n) is 3.18. The summed E-state index contributed by atoms with van der Waals surface area (Å²) in [7, 11) is 2.18. The van der Waals surface area contributed by atoms with E-state index in [9.17, 15) is 0 Å². The zero-order valence-corrected chi connectivity index (χ0v) is 8.97. The number of nitrogens with one attached hydrogen (secondary N) is 1. The van der Waals surface area contributed by atoms with Crippen LogP contribution < -0.4 is 5.32 Å². The molecule has 3 heteroatoms. The zero-order valence-electron chi connectivity index (χ0n) is 6.82. The summed E-state index contributed by atoms with van der Waals surface area (Å²) in [6.07, 6.45) is 1.22. The van der Waals surface area contributed by atoms with E-state index in [0.29, 0.717) is 9.71 Å². The van der Waals surface area contributed by atoms with Crippen LogP contribution in [0.25, 0.3) is 0 Å². The predicted octanol–water partition coefficient (Wildman–Crippen LogP) is 1.41. The van der Waals surface area contributed by atoms with Gasteiger partial charge < -0.3 is 0 Å². The first kappa shape index (κ1) is 8.74. The van der Waals surface area contributed by atoms with E-state index < -0.39 is 0 Å². The molecule has 0 bridgehead atoms. The minimum Gasteiger partial charge on any atom is -0.292 e. The molecule has 1 unspecified atom stereocenters. The summed E-state index contributed by atoms with van der Waals surface area (Å²) in [4.78, 5) is 2.40. The Bertz CT molecular complexity index is 129. The third kappa shape index (κ3) is 1.31. The zero-order chi connectivity index (χ0) is 7.78. The molecule has 0 saturated carbocycles. The number of likely N-dealkylation sites (N-methyl/N-ethyl adjacent to an activating group) is 1. The third-order valence-corrected chi connectivity index (χ3v) is 3.88. The van der Waals surface area contributed by atoms with Gasteiger partial charge in [0.2, 0.25) is 0 Å². The van der Waals surface area contributed by atoms with Gasteiger partial charge in [-0.2, -0.15) is 0 Å². The van der Waals surface area contributed by atoms with Crippen LogP contribution >= 0.6 is 22.6 Å². The molecule has 60 valence electrons. The molecular weight excluding hydrogens is 239 g/mol. The van der Waals surface area contributed by atoms with Gasteiger partial charge in [0.1, 0.15) is 4.17 Å². The van der Waals surface area contributed by atoms with Crippen molar-refractivity contribution < 1.29 is 0 Å². The van der Waals surface area contributed by atoms with Crippen LogP contribution in [0.2, 0.25) is 0 Å². The van der Waals surface area contributed by atoms with Crippen molar-refractivity contribution in [3.8, 4) is 0 Å². The highest BCUT2D eigenvalue weighted by molar-refractivity contribution is 14.1. The fraction of sp³-hybridized carbons (Fsp3) is 1.00. The lowest BCUT2D eigenvalue weighted by atomic mass is 9.99. The molecule has 0 aromatic rings. The van der Waals surface area contributed by atoms with Gasteiger partial charge in [-0.3, -0.25) is 10.2 Å². The molecule has 0 radical (unpaired) electrons. The molecular formula is C7H15IN2. The van der Waals surface area contributed by atoms with Crippen LogP contribution in [0.4, 0.5) is 0 Å². The van der Waals surface area contributed by atoms with Gasteiger partial charge in [0.25, 0.3) is 0 Å². The average molecular weight is 254 g/mol. The molecule has 1 saturated heterocycles. The maximum atomic E-state index is 3.42. The predicted molar refractivity (Wildman–Crippen MR) is 52.3 cm³/mol. The molecule has 0 aliphatic carbocycles. The van der Waals surface area contributed by atoms with Crippen LogP contribution in [-0.2, 0) is 0 Å². The molecule has 0 amide bonds. The van der Waals surface area contributed by atoms with Gasteiger partial charge in [-0.1, -0.05) is 6.92 Å². The Balaban J connectivity index is 2.64. The van der Waals surface area contributed by atoms with Crippen LogP contribution in [-0.4, -0.2) is 28.2 Å². The molecule has 1 rings (SSSR count). The van der Waals surface area contributed by atoms with Crippen LogP contribution in [0.3, 0.4) is 0 Å². The molecule has 1 heterocycles. The summed E-state index contributed by atoms with van der Waals surface area (Å²) >= 11 is 2.42. The summed E-state index contributed by atoms with van der Waals surface area (Å²) in [5.41, 5.74) is 0.381. The Labute approximate surface area is 76.5 Å². The third-order valence-electron chi connectivity index (χ3n) is 2.60. The first-order valence-corrected chi connectivity index (χ1v) is 4.95. The van der Waals surface area contributed by atoms with Crippen molar-refractivity contribution in [2.45, 2.75) is 30.0 Å². The Kier molecular flexibility index (Phi) is 2.58. The van der Waals surface area contributed by atoms with Gasteiger partial charge in [0.15, 0.2) is 0 Å². The number of rotatable bonds is 1. The van der Waals surface area contributed by atoms with Gasteiger partial charge in [0.05, 0.1) is 0 Å². The van der Waals surface area contributed by atoms with E-state index in [1.807, 2.05) is 0 Å². The van der Waals surface area contributed by atoms with Crippen molar-refractivity contribution in [2.75, 3.05) is 13.6 Å². The molecule has 0 spiro atoms. The highest BCUT2D eigenvalue weighted by atomic mass is 127. The van der Waals surface area contributed by atoms with Gasteiger partial charge in [-0.05, 0) is 43.0 Å². The van der Waals surface area contributed by atoms with Gasteiger partial charge in [0, 0.05) is 12.1 Å². The average Bonchev–Trinajstić information content (AvgIpc) is 2.19. The number of halogens is 1. The number of nitrogens with zero attached hydrogens (tertiary/aromatic N) is 1. The quantitative estimate of drug-likeness (QED) is 0.432.